The molecule has 0 nitrogen and oxygen atoms in total. The van der Waals surface area contributed by atoms with Gasteiger partial charge in [-0.25, -0.2) is 0 Å². The zero-order valence-electron chi connectivity index (χ0n) is 14.1. The van der Waals surface area contributed by atoms with Crippen LogP contribution in [0, 0.1) is 0 Å². The molecule has 0 unspecified atom stereocenters. The average Bonchev–Trinajstić information content (AvgIpc) is 3.06. The van der Waals surface area contributed by atoms with Gasteiger partial charge in [-0.3, -0.25) is 0 Å². The molecule has 0 amide bonds. The van der Waals surface area contributed by atoms with Gasteiger partial charge in [-0.1, -0.05) is 85.8 Å². The van der Waals surface area contributed by atoms with Crippen LogP contribution in [0.15, 0.2) is 72.8 Å². The van der Waals surface area contributed by atoms with Gasteiger partial charge in [0.1, 0.15) is 0 Å². The van der Waals surface area contributed by atoms with Crippen LogP contribution in [0.5, 0.6) is 0 Å². The molecule has 0 aromatic heterocycles. The fraction of sp³-hybridized carbons (Fsp3) is 0.167. The van der Waals surface area contributed by atoms with E-state index in [2.05, 4.69) is 85.8 Å². The Morgan fingerprint density at radius 3 is 2.21 bits per heavy atom. The molecule has 3 aromatic rings. The van der Waals surface area contributed by atoms with Crippen molar-refractivity contribution in [1.29, 1.82) is 0 Å². The van der Waals surface area contributed by atoms with Gasteiger partial charge in [-0.2, -0.15) is 0 Å². The molecule has 3 aromatic carbocycles. The molecule has 0 saturated heterocycles. The first-order valence-electron chi connectivity index (χ1n) is 8.77. The lowest BCUT2D eigenvalue weighted by Gasteiger charge is -2.06. The van der Waals surface area contributed by atoms with Crippen molar-refractivity contribution in [2.75, 3.05) is 0 Å². The van der Waals surface area contributed by atoms with Crippen molar-refractivity contribution in [1.82, 2.24) is 0 Å². The molecule has 0 bridgehead atoms. The first kappa shape index (κ1) is 15.0. The maximum absolute atomic E-state index is 2.36. The van der Waals surface area contributed by atoms with E-state index in [1.165, 1.54) is 39.0 Å². The molecule has 0 spiro atoms. The van der Waals surface area contributed by atoms with Crippen molar-refractivity contribution in [2.24, 2.45) is 0 Å². The van der Waals surface area contributed by atoms with Gasteiger partial charge in [0.25, 0.3) is 0 Å². The fourth-order valence-corrected chi connectivity index (χ4v) is 3.46. The van der Waals surface area contributed by atoms with Gasteiger partial charge in [-0.05, 0) is 58.2 Å². The van der Waals surface area contributed by atoms with E-state index >= 15 is 0 Å². The third kappa shape index (κ3) is 3.05. The molecule has 0 aliphatic heterocycles. The van der Waals surface area contributed by atoms with Crippen molar-refractivity contribution < 1.29 is 0 Å². The SMILES string of the molecule is CCc1ccc(Cc2ccc3c(c2)C=C(c2ccccc2)C3)cc1. The van der Waals surface area contributed by atoms with E-state index in [4.69, 9.17) is 0 Å². The normalized spacial score (nSPS) is 12.8. The zero-order chi connectivity index (χ0) is 16.4. The van der Waals surface area contributed by atoms with E-state index in [0.717, 1.165) is 19.3 Å². The largest absolute Gasteiger partial charge is 0.0622 e. The Morgan fingerprint density at radius 2 is 1.46 bits per heavy atom. The van der Waals surface area contributed by atoms with Crippen molar-refractivity contribution in [3.05, 3.63) is 106 Å². The predicted molar refractivity (Wildman–Crippen MR) is 103 cm³/mol. The van der Waals surface area contributed by atoms with Gasteiger partial charge >= 0.3 is 0 Å². The molecule has 0 radical (unpaired) electrons. The summed E-state index contributed by atoms with van der Waals surface area (Å²) in [7, 11) is 0. The number of allylic oxidation sites excluding steroid dienone is 1. The number of aryl methyl sites for hydroxylation is 1. The van der Waals surface area contributed by atoms with Crippen LogP contribution in [0.1, 0.15) is 40.3 Å². The van der Waals surface area contributed by atoms with Gasteiger partial charge in [0.05, 0.1) is 0 Å². The molecule has 0 heteroatoms. The second-order valence-electron chi connectivity index (χ2n) is 6.59. The van der Waals surface area contributed by atoms with Crippen molar-refractivity contribution in [3.63, 3.8) is 0 Å². The topological polar surface area (TPSA) is 0 Å². The zero-order valence-corrected chi connectivity index (χ0v) is 14.1. The molecule has 0 fully saturated rings. The lowest BCUT2D eigenvalue weighted by molar-refractivity contribution is 1.12. The second kappa shape index (κ2) is 6.49. The van der Waals surface area contributed by atoms with Crippen LogP contribution in [0.3, 0.4) is 0 Å². The Bertz CT molecular complexity index is 868. The Morgan fingerprint density at radius 1 is 0.750 bits per heavy atom. The molecule has 0 heterocycles. The summed E-state index contributed by atoms with van der Waals surface area (Å²) in [6.07, 6.45) is 5.51. The van der Waals surface area contributed by atoms with Gasteiger partial charge in [0.2, 0.25) is 0 Å². The Balaban J connectivity index is 1.57. The average molecular weight is 310 g/mol. The van der Waals surface area contributed by atoms with Gasteiger partial charge in [-0.15, -0.1) is 0 Å². The quantitative estimate of drug-likeness (QED) is 0.559. The first-order chi connectivity index (χ1) is 11.8. The summed E-state index contributed by atoms with van der Waals surface area (Å²) in [6.45, 7) is 2.20. The monoisotopic (exact) mass is 310 g/mol. The maximum Gasteiger partial charge on any atom is -0.00137 e. The molecule has 1 aliphatic carbocycles. The van der Waals surface area contributed by atoms with Crippen LogP contribution in [-0.2, 0) is 19.3 Å². The van der Waals surface area contributed by atoms with Crippen LogP contribution in [0.25, 0.3) is 11.6 Å². The van der Waals surface area contributed by atoms with Crippen molar-refractivity contribution >= 4 is 11.6 Å². The van der Waals surface area contributed by atoms with E-state index in [-0.39, 0.29) is 0 Å². The van der Waals surface area contributed by atoms with Gasteiger partial charge < -0.3 is 0 Å². The molecular formula is C24H22. The van der Waals surface area contributed by atoms with Gasteiger partial charge in [0.15, 0.2) is 0 Å². The molecule has 1 aliphatic rings. The Hall–Kier alpha value is -2.60. The van der Waals surface area contributed by atoms with Crippen molar-refractivity contribution in [3.8, 4) is 0 Å². The summed E-state index contributed by atoms with van der Waals surface area (Å²) in [4.78, 5) is 0. The van der Waals surface area contributed by atoms with Crippen LogP contribution < -0.4 is 0 Å². The minimum Gasteiger partial charge on any atom is -0.0622 e. The molecule has 0 atom stereocenters. The molecule has 4 rings (SSSR count). The predicted octanol–water partition coefficient (Wildman–Crippen LogP) is 5.94. The summed E-state index contributed by atoms with van der Waals surface area (Å²) in [5.74, 6) is 0. The summed E-state index contributed by atoms with van der Waals surface area (Å²) in [5.41, 5.74) is 9.78. The third-order valence-corrected chi connectivity index (χ3v) is 4.90. The molecule has 0 N–H and O–H groups in total. The summed E-state index contributed by atoms with van der Waals surface area (Å²) in [6, 6.07) is 26.7. The summed E-state index contributed by atoms with van der Waals surface area (Å²) < 4.78 is 0. The highest BCUT2D eigenvalue weighted by Gasteiger charge is 2.14. The van der Waals surface area contributed by atoms with E-state index in [1.54, 1.807) is 0 Å². The highest BCUT2D eigenvalue weighted by molar-refractivity contribution is 5.88. The Kier molecular flexibility index (Phi) is 4.04. The molecule has 0 saturated carbocycles. The van der Waals surface area contributed by atoms with Crippen LogP contribution in [0.2, 0.25) is 0 Å². The third-order valence-electron chi connectivity index (χ3n) is 4.90. The fourth-order valence-electron chi connectivity index (χ4n) is 3.46. The molecule has 118 valence electrons. The number of rotatable bonds is 4. The van der Waals surface area contributed by atoms with Crippen LogP contribution in [-0.4, -0.2) is 0 Å². The molecular weight excluding hydrogens is 288 g/mol. The highest BCUT2D eigenvalue weighted by Crippen LogP contribution is 2.32. The lowest BCUT2D eigenvalue weighted by Crippen LogP contribution is -1.91. The summed E-state index contributed by atoms with van der Waals surface area (Å²) >= 11 is 0. The lowest BCUT2D eigenvalue weighted by atomic mass is 9.99. The summed E-state index contributed by atoms with van der Waals surface area (Å²) in [5, 5.41) is 0. The highest BCUT2D eigenvalue weighted by atomic mass is 14.2. The second-order valence-corrected chi connectivity index (χ2v) is 6.59. The number of hydrogen-bond acceptors (Lipinski definition) is 0. The van der Waals surface area contributed by atoms with Crippen molar-refractivity contribution in [2.45, 2.75) is 26.2 Å². The number of fused-ring (bicyclic) bond motifs is 1. The minimum atomic E-state index is 1.01. The van der Waals surface area contributed by atoms with E-state index < -0.39 is 0 Å². The smallest absolute Gasteiger partial charge is 0.00137 e. The van der Waals surface area contributed by atoms with E-state index in [0.29, 0.717) is 0 Å². The van der Waals surface area contributed by atoms with Crippen LogP contribution in [0.4, 0.5) is 0 Å². The van der Waals surface area contributed by atoms with Crippen LogP contribution >= 0.6 is 0 Å². The Labute approximate surface area is 144 Å². The van der Waals surface area contributed by atoms with E-state index in [9.17, 15) is 0 Å². The minimum absolute atomic E-state index is 1.01. The standard InChI is InChI=1S/C24H22/c1-2-18-8-10-19(11-9-18)14-20-12-13-22-16-24(17-23(22)15-20)21-6-4-3-5-7-21/h3-13,15,17H,2,14,16H2,1H3. The van der Waals surface area contributed by atoms with Gasteiger partial charge in [0, 0.05) is 0 Å². The maximum atomic E-state index is 2.36. The molecule has 24 heavy (non-hydrogen) atoms. The van der Waals surface area contributed by atoms with E-state index in [1.807, 2.05) is 0 Å². The number of benzene rings is 3. The first-order valence-corrected chi connectivity index (χ1v) is 8.77. The number of hydrogen-bond donors (Lipinski definition) is 0.